The molecular formula is C34H37FN2O6. The Kier molecular flexibility index (Phi) is 10.1. The molecule has 1 fully saturated rings. The Labute approximate surface area is 250 Å². The van der Waals surface area contributed by atoms with Crippen molar-refractivity contribution < 1.29 is 32.6 Å². The summed E-state index contributed by atoms with van der Waals surface area (Å²) in [5, 5.41) is 6.93. The second-order valence-corrected chi connectivity index (χ2v) is 10.5. The van der Waals surface area contributed by atoms with Gasteiger partial charge in [-0.3, -0.25) is 4.79 Å². The molecule has 0 bridgehead atoms. The summed E-state index contributed by atoms with van der Waals surface area (Å²) in [6.45, 7) is 4.78. The van der Waals surface area contributed by atoms with Crippen molar-refractivity contribution in [3.8, 4) is 11.3 Å². The molecule has 0 saturated heterocycles. The Hall–Kier alpha value is -4.21. The molecule has 1 heterocycles. The lowest BCUT2D eigenvalue weighted by Crippen LogP contribution is -2.18. The van der Waals surface area contributed by atoms with E-state index in [2.05, 4.69) is 10.6 Å². The number of carbonyl (C=O) groups excluding carboxylic acids is 2. The molecule has 0 aliphatic heterocycles. The maximum absolute atomic E-state index is 13.6. The Morgan fingerprint density at radius 3 is 2.40 bits per heavy atom. The van der Waals surface area contributed by atoms with E-state index in [1.54, 1.807) is 31.3 Å². The molecule has 2 N–H and O–H groups in total. The SMILES string of the molecule is CCCOC(=O)c1ccc(COCCOCCNc2cc3oc(-c4ccc(F)cc4)c(C(=O)NC)c3cc2C2CC2)cc1. The molecule has 8 nitrogen and oxygen atoms in total. The second-order valence-electron chi connectivity index (χ2n) is 10.5. The Morgan fingerprint density at radius 2 is 1.70 bits per heavy atom. The van der Waals surface area contributed by atoms with Gasteiger partial charge in [-0.2, -0.15) is 0 Å². The molecule has 1 aliphatic rings. The van der Waals surface area contributed by atoms with Crippen LogP contribution >= 0.6 is 0 Å². The molecule has 5 rings (SSSR count). The van der Waals surface area contributed by atoms with Gasteiger partial charge in [0.1, 0.15) is 17.2 Å². The van der Waals surface area contributed by atoms with E-state index in [4.69, 9.17) is 18.6 Å². The second kappa shape index (κ2) is 14.3. The van der Waals surface area contributed by atoms with Gasteiger partial charge in [0.25, 0.3) is 5.91 Å². The number of nitrogens with one attached hydrogen (secondary N) is 2. The minimum atomic E-state index is -0.352. The largest absolute Gasteiger partial charge is 0.462 e. The van der Waals surface area contributed by atoms with Crippen molar-refractivity contribution in [1.82, 2.24) is 5.32 Å². The molecule has 0 radical (unpaired) electrons. The van der Waals surface area contributed by atoms with E-state index < -0.39 is 0 Å². The molecule has 1 amide bonds. The minimum Gasteiger partial charge on any atom is -0.462 e. The lowest BCUT2D eigenvalue weighted by molar-refractivity contribution is 0.0441. The molecule has 0 spiro atoms. The van der Waals surface area contributed by atoms with Crippen LogP contribution in [0.1, 0.15) is 63.9 Å². The van der Waals surface area contributed by atoms with Crippen molar-refractivity contribution >= 4 is 28.5 Å². The number of amides is 1. The maximum atomic E-state index is 13.6. The number of anilines is 1. The Bertz CT molecular complexity index is 1540. The lowest BCUT2D eigenvalue weighted by atomic mass is 10.0. The molecule has 1 aliphatic carbocycles. The van der Waals surface area contributed by atoms with E-state index in [-0.39, 0.29) is 17.7 Å². The van der Waals surface area contributed by atoms with E-state index in [9.17, 15) is 14.0 Å². The van der Waals surface area contributed by atoms with Gasteiger partial charge in [0.05, 0.1) is 44.2 Å². The average molecular weight is 589 g/mol. The highest BCUT2D eigenvalue weighted by Gasteiger charge is 2.29. The molecule has 9 heteroatoms. The number of hydrogen-bond donors (Lipinski definition) is 2. The minimum absolute atomic E-state index is 0.250. The Balaban J connectivity index is 1.14. The van der Waals surface area contributed by atoms with E-state index in [0.29, 0.717) is 73.5 Å². The summed E-state index contributed by atoms with van der Waals surface area (Å²) in [6, 6.07) is 17.2. The monoisotopic (exact) mass is 588 g/mol. The van der Waals surface area contributed by atoms with Crippen LogP contribution < -0.4 is 10.6 Å². The zero-order chi connectivity index (χ0) is 30.2. The number of fused-ring (bicyclic) bond motifs is 1. The molecule has 1 aromatic heterocycles. The number of rotatable bonds is 15. The first-order valence-corrected chi connectivity index (χ1v) is 14.7. The quantitative estimate of drug-likeness (QED) is 0.118. The van der Waals surface area contributed by atoms with Gasteiger partial charge in [0.2, 0.25) is 0 Å². The number of hydrogen-bond acceptors (Lipinski definition) is 7. The van der Waals surface area contributed by atoms with Gasteiger partial charge >= 0.3 is 5.97 Å². The normalized spacial score (nSPS) is 12.8. The molecule has 43 heavy (non-hydrogen) atoms. The lowest BCUT2D eigenvalue weighted by Gasteiger charge is -2.13. The number of furan rings is 1. The summed E-state index contributed by atoms with van der Waals surface area (Å²) in [5.41, 5.74) is 5.28. The van der Waals surface area contributed by atoms with Crippen LogP contribution in [0, 0.1) is 5.82 Å². The topological polar surface area (TPSA) is 99.0 Å². The molecule has 4 aromatic rings. The third-order valence-corrected chi connectivity index (χ3v) is 7.27. The number of carbonyl (C=O) groups is 2. The fraction of sp³-hybridized carbons (Fsp3) is 0.353. The highest BCUT2D eigenvalue weighted by molar-refractivity contribution is 6.11. The first-order valence-electron chi connectivity index (χ1n) is 14.7. The van der Waals surface area contributed by atoms with Gasteiger partial charge in [0.15, 0.2) is 0 Å². The third kappa shape index (κ3) is 7.60. The fourth-order valence-corrected chi connectivity index (χ4v) is 4.88. The third-order valence-electron chi connectivity index (χ3n) is 7.27. The summed E-state index contributed by atoms with van der Waals surface area (Å²) < 4.78 is 36.4. The van der Waals surface area contributed by atoms with Crippen LogP contribution in [0.25, 0.3) is 22.3 Å². The highest BCUT2D eigenvalue weighted by Crippen LogP contribution is 2.46. The van der Waals surface area contributed by atoms with E-state index in [1.807, 2.05) is 31.2 Å². The first kappa shape index (κ1) is 30.3. The molecular weight excluding hydrogens is 551 g/mol. The van der Waals surface area contributed by atoms with Crippen molar-refractivity contribution in [2.45, 2.75) is 38.7 Å². The number of esters is 1. The van der Waals surface area contributed by atoms with E-state index >= 15 is 0 Å². The average Bonchev–Trinajstić information content (AvgIpc) is 3.81. The van der Waals surface area contributed by atoms with Gasteiger partial charge in [-0.15, -0.1) is 0 Å². The van der Waals surface area contributed by atoms with Crippen molar-refractivity contribution in [2.24, 2.45) is 0 Å². The number of ether oxygens (including phenoxy) is 3. The molecule has 3 aromatic carbocycles. The van der Waals surface area contributed by atoms with Crippen molar-refractivity contribution in [1.29, 1.82) is 0 Å². The van der Waals surface area contributed by atoms with Crippen LogP contribution in [0.4, 0.5) is 10.1 Å². The standard InChI is InChI=1S/C34H37FN2O6/c1-3-15-42-34(39)25-6-4-22(5-7-25)21-41-18-17-40-16-14-37-29-20-30-28(19-27(29)23-8-9-23)31(33(38)36-2)32(43-30)24-10-12-26(35)13-11-24/h4-7,10-13,19-20,23,37H,3,8-9,14-18,21H2,1-2H3,(H,36,38). The summed E-state index contributed by atoms with van der Waals surface area (Å²) in [7, 11) is 1.59. The van der Waals surface area contributed by atoms with Crippen molar-refractivity contribution in [3.05, 3.63) is 88.7 Å². The van der Waals surface area contributed by atoms with Crippen LogP contribution in [0.15, 0.2) is 65.1 Å². The van der Waals surface area contributed by atoms with Crippen LogP contribution in [0.3, 0.4) is 0 Å². The van der Waals surface area contributed by atoms with Gasteiger partial charge in [0, 0.05) is 36.3 Å². The molecule has 0 atom stereocenters. The Morgan fingerprint density at radius 1 is 0.953 bits per heavy atom. The maximum Gasteiger partial charge on any atom is 0.338 e. The molecule has 1 saturated carbocycles. The van der Waals surface area contributed by atoms with Crippen LogP contribution in [-0.4, -0.2) is 51.9 Å². The zero-order valence-electron chi connectivity index (χ0n) is 24.5. The van der Waals surface area contributed by atoms with Gasteiger partial charge in [-0.25, -0.2) is 9.18 Å². The predicted octanol–water partition coefficient (Wildman–Crippen LogP) is 6.69. The van der Waals surface area contributed by atoms with E-state index in [0.717, 1.165) is 41.5 Å². The van der Waals surface area contributed by atoms with Crippen LogP contribution in [0.2, 0.25) is 0 Å². The van der Waals surface area contributed by atoms with Crippen LogP contribution in [0.5, 0.6) is 0 Å². The highest BCUT2D eigenvalue weighted by atomic mass is 19.1. The van der Waals surface area contributed by atoms with E-state index in [1.165, 1.54) is 12.1 Å². The summed E-state index contributed by atoms with van der Waals surface area (Å²) in [5.74, 6) is -0.0654. The summed E-state index contributed by atoms with van der Waals surface area (Å²) in [6.07, 6.45) is 2.98. The van der Waals surface area contributed by atoms with Gasteiger partial charge in [-0.1, -0.05) is 19.1 Å². The number of benzene rings is 3. The molecule has 226 valence electrons. The predicted molar refractivity (Wildman–Crippen MR) is 163 cm³/mol. The van der Waals surface area contributed by atoms with Crippen molar-refractivity contribution in [2.75, 3.05) is 45.3 Å². The fourth-order valence-electron chi connectivity index (χ4n) is 4.88. The summed E-state index contributed by atoms with van der Waals surface area (Å²) in [4.78, 5) is 24.8. The first-order chi connectivity index (χ1) is 21.0. The zero-order valence-corrected chi connectivity index (χ0v) is 24.5. The number of halogens is 1. The van der Waals surface area contributed by atoms with Gasteiger partial charge in [-0.05, 0) is 78.8 Å². The molecule has 0 unspecified atom stereocenters. The van der Waals surface area contributed by atoms with Gasteiger partial charge < -0.3 is 29.3 Å². The summed E-state index contributed by atoms with van der Waals surface area (Å²) >= 11 is 0. The smallest absolute Gasteiger partial charge is 0.338 e. The van der Waals surface area contributed by atoms with Crippen molar-refractivity contribution in [3.63, 3.8) is 0 Å². The van der Waals surface area contributed by atoms with Crippen LogP contribution in [-0.2, 0) is 20.8 Å².